The maximum atomic E-state index is 10.1. The van der Waals surface area contributed by atoms with E-state index < -0.39 is 5.60 Å². The van der Waals surface area contributed by atoms with Crippen LogP contribution < -0.4 is 0 Å². The van der Waals surface area contributed by atoms with E-state index >= 15 is 0 Å². The third-order valence-electron chi connectivity index (χ3n) is 3.00. The van der Waals surface area contributed by atoms with Gasteiger partial charge in [-0.25, -0.2) is 0 Å². The van der Waals surface area contributed by atoms with Crippen LogP contribution in [-0.2, 0) is 4.74 Å². The van der Waals surface area contributed by atoms with Crippen molar-refractivity contribution in [1.29, 1.82) is 0 Å². The summed E-state index contributed by atoms with van der Waals surface area (Å²) in [4.78, 5) is 2.41. The van der Waals surface area contributed by atoms with E-state index in [0.29, 0.717) is 12.0 Å². The fraction of sp³-hybridized carbons (Fsp3) is 1.00. The fourth-order valence-electron chi connectivity index (χ4n) is 1.87. The van der Waals surface area contributed by atoms with Gasteiger partial charge in [-0.05, 0) is 26.0 Å². The molecule has 0 bridgehead atoms. The molecule has 3 nitrogen and oxygen atoms in total. The Morgan fingerprint density at radius 2 is 2.07 bits per heavy atom. The van der Waals surface area contributed by atoms with E-state index in [1.165, 1.54) is 0 Å². The smallest absolute Gasteiger partial charge is 0.0904 e. The second-order valence-electron chi connectivity index (χ2n) is 4.03. The minimum Gasteiger partial charge on any atom is -0.387 e. The first-order chi connectivity index (χ1) is 6.61. The average Bonchev–Trinajstić information content (AvgIpc) is 2.18. The van der Waals surface area contributed by atoms with Crippen molar-refractivity contribution in [2.45, 2.75) is 30.7 Å². The number of methoxy groups -OCH3 is 1. The standard InChI is InChI=1S/C10H21NO2S/c1-9(14-3)11-6-4-10(12,5-7-11)8-13-2/h9,12H,4-8H2,1-3H3. The van der Waals surface area contributed by atoms with Crippen LogP contribution in [0.4, 0.5) is 0 Å². The van der Waals surface area contributed by atoms with Crippen LogP contribution >= 0.6 is 11.8 Å². The summed E-state index contributed by atoms with van der Waals surface area (Å²) in [6.07, 6.45) is 3.78. The lowest BCUT2D eigenvalue weighted by molar-refractivity contribution is -0.0715. The van der Waals surface area contributed by atoms with Crippen molar-refractivity contribution < 1.29 is 9.84 Å². The highest BCUT2D eigenvalue weighted by Gasteiger charge is 2.33. The van der Waals surface area contributed by atoms with Gasteiger partial charge in [0.05, 0.1) is 17.6 Å². The number of aliphatic hydroxyl groups is 1. The number of nitrogens with zero attached hydrogens (tertiary/aromatic N) is 1. The maximum absolute atomic E-state index is 10.1. The van der Waals surface area contributed by atoms with Gasteiger partial charge in [-0.15, -0.1) is 11.8 Å². The van der Waals surface area contributed by atoms with Gasteiger partial charge in [0, 0.05) is 20.2 Å². The Balaban J connectivity index is 2.37. The number of thioether (sulfide) groups is 1. The molecule has 4 heteroatoms. The van der Waals surface area contributed by atoms with Gasteiger partial charge in [-0.1, -0.05) is 0 Å². The monoisotopic (exact) mass is 219 g/mol. The molecule has 0 amide bonds. The Morgan fingerprint density at radius 3 is 2.50 bits per heavy atom. The van der Waals surface area contributed by atoms with Gasteiger partial charge in [0.2, 0.25) is 0 Å². The molecule has 0 spiro atoms. The minimum atomic E-state index is -0.580. The lowest BCUT2D eigenvalue weighted by Crippen LogP contribution is -2.48. The van der Waals surface area contributed by atoms with Crippen LogP contribution in [0.5, 0.6) is 0 Å². The molecule has 0 aromatic carbocycles. The van der Waals surface area contributed by atoms with E-state index in [9.17, 15) is 5.11 Å². The molecule has 1 N–H and O–H groups in total. The summed E-state index contributed by atoms with van der Waals surface area (Å²) >= 11 is 1.86. The predicted octanol–water partition coefficient (Wildman–Crippen LogP) is 1.17. The molecule has 1 atom stereocenters. The highest BCUT2D eigenvalue weighted by atomic mass is 32.2. The Labute approximate surface area is 90.8 Å². The van der Waals surface area contributed by atoms with Gasteiger partial charge in [-0.2, -0.15) is 0 Å². The number of likely N-dealkylation sites (tertiary alicyclic amines) is 1. The van der Waals surface area contributed by atoms with Crippen LogP contribution in [0.15, 0.2) is 0 Å². The molecule has 1 rings (SSSR count). The number of hydrogen-bond donors (Lipinski definition) is 1. The summed E-state index contributed by atoms with van der Waals surface area (Å²) in [5, 5.41) is 10.6. The zero-order chi connectivity index (χ0) is 10.6. The highest BCUT2D eigenvalue weighted by molar-refractivity contribution is 7.99. The minimum absolute atomic E-state index is 0.467. The fourth-order valence-corrected chi connectivity index (χ4v) is 2.37. The summed E-state index contributed by atoms with van der Waals surface area (Å²) in [5.74, 6) is 0. The Kier molecular flexibility index (Phi) is 4.70. The van der Waals surface area contributed by atoms with Gasteiger partial charge >= 0.3 is 0 Å². The number of piperidine rings is 1. The van der Waals surface area contributed by atoms with Crippen LogP contribution in [0.2, 0.25) is 0 Å². The first-order valence-electron chi connectivity index (χ1n) is 5.09. The van der Waals surface area contributed by atoms with E-state index in [2.05, 4.69) is 18.1 Å². The van der Waals surface area contributed by atoms with E-state index in [0.717, 1.165) is 25.9 Å². The lowest BCUT2D eigenvalue weighted by Gasteiger charge is -2.39. The molecule has 1 aliphatic heterocycles. The van der Waals surface area contributed by atoms with Crippen molar-refractivity contribution in [1.82, 2.24) is 4.90 Å². The molecule has 0 radical (unpaired) electrons. The SMILES string of the molecule is COCC1(O)CCN(C(C)SC)CC1. The molecule has 84 valence electrons. The van der Waals surface area contributed by atoms with E-state index in [-0.39, 0.29) is 0 Å². The third-order valence-corrected chi connectivity index (χ3v) is 3.98. The average molecular weight is 219 g/mol. The van der Waals surface area contributed by atoms with Crippen molar-refractivity contribution in [3.63, 3.8) is 0 Å². The molecule has 0 aliphatic carbocycles. The molecule has 0 aromatic heterocycles. The quantitative estimate of drug-likeness (QED) is 0.769. The summed E-state index contributed by atoms with van der Waals surface area (Å²) in [5.41, 5.74) is -0.580. The van der Waals surface area contributed by atoms with Crippen LogP contribution in [0.25, 0.3) is 0 Å². The molecule has 1 aliphatic rings. The molecule has 1 heterocycles. The number of rotatable bonds is 4. The van der Waals surface area contributed by atoms with Crippen LogP contribution in [-0.4, -0.2) is 54.0 Å². The summed E-state index contributed by atoms with van der Waals surface area (Å²) in [6, 6.07) is 0. The zero-order valence-corrected chi connectivity index (χ0v) is 10.1. The van der Waals surface area contributed by atoms with Crippen LogP contribution in [0, 0.1) is 0 Å². The van der Waals surface area contributed by atoms with Gasteiger partial charge in [0.25, 0.3) is 0 Å². The van der Waals surface area contributed by atoms with Crippen LogP contribution in [0.3, 0.4) is 0 Å². The van der Waals surface area contributed by atoms with E-state index in [4.69, 9.17) is 4.74 Å². The Hall–Kier alpha value is 0.230. The van der Waals surface area contributed by atoms with Gasteiger partial charge in [0.1, 0.15) is 0 Å². The topological polar surface area (TPSA) is 32.7 Å². The maximum Gasteiger partial charge on any atom is 0.0904 e. The Bertz CT molecular complexity index is 170. The molecule has 1 saturated heterocycles. The highest BCUT2D eigenvalue weighted by Crippen LogP contribution is 2.25. The molecular weight excluding hydrogens is 198 g/mol. The summed E-state index contributed by atoms with van der Waals surface area (Å²) in [6.45, 7) is 4.63. The first-order valence-corrected chi connectivity index (χ1v) is 6.38. The van der Waals surface area contributed by atoms with Gasteiger partial charge in [-0.3, -0.25) is 4.90 Å². The second-order valence-corrected chi connectivity index (χ2v) is 5.18. The van der Waals surface area contributed by atoms with E-state index in [1.54, 1.807) is 7.11 Å². The number of hydrogen-bond acceptors (Lipinski definition) is 4. The number of ether oxygens (including phenoxy) is 1. The van der Waals surface area contributed by atoms with Crippen molar-refractivity contribution in [3.05, 3.63) is 0 Å². The molecule has 0 saturated carbocycles. The molecule has 0 aromatic rings. The first kappa shape index (κ1) is 12.3. The van der Waals surface area contributed by atoms with Gasteiger partial charge in [0.15, 0.2) is 0 Å². The van der Waals surface area contributed by atoms with Gasteiger partial charge < -0.3 is 9.84 Å². The summed E-state index contributed by atoms with van der Waals surface area (Å²) in [7, 11) is 1.65. The van der Waals surface area contributed by atoms with Crippen molar-refractivity contribution in [3.8, 4) is 0 Å². The van der Waals surface area contributed by atoms with Crippen molar-refractivity contribution >= 4 is 11.8 Å². The molecule has 1 unspecified atom stereocenters. The largest absolute Gasteiger partial charge is 0.387 e. The molecule has 14 heavy (non-hydrogen) atoms. The lowest BCUT2D eigenvalue weighted by atomic mass is 9.92. The molecule has 1 fully saturated rings. The Morgan fingerprint density at radius 1 is 1.50 bits per heavy atom. The van der Waals surface area contributed by atoms with Crippen LogP contribution in [0.1, 0.15) is 19.8 Å². The third kappa shape index (κ3) is 3.12. The van der Waals surface area contributed by atoms with Crippen molar-refractivity contribution in [2.24, 2.45) is 0 Å². The predicted molar refractivity (Wildman–Crippen MR) is 60.6 cm³/mol. The van der Waals surface area contributed by atoms with E-state index in [1.807, 2.05) is 11.8 Å². The summed E-state index contributed by atoms with van der Waals surface area (Å²) < 4.78 is 5.03. The molecular formula is C10H21NO2S. The normalized spacial score (nSPS) is 24.9. The van der Waals surface area contributed by atoms with Crippen molar-refractivity contribution in [2.75, 3.05) is 33.1 Å². The second kappa shape index (κ2) is 5.35. The zero-order valence-electron chi connectivity index (χ0n) is 9.32.